The number of carbonyl (C=O) groups is 1. The minimum absolute atomic E-state index is 0.241. The molecule has 1 atom stereocenters. The average Bonchev–Trinajstić information content (AvgIpc) is 3.48. The third kappa shape index (κ3) is 7.34. The number of aryl methyl sites for hydroxylation is 1. The lowest BCUT2D eigenvalue weighted by Gasteiger charge is -2.42. The number of para-hydroxylation sites is 1. The Hall–Kier alpha value is -5.09. The molecule has 3 aromatic carbocycles. The van der Waals surface area contributed by atoms with Crippen molar-refractivity contribution >= 4 is 22.7 Å². The fraction of sp³-hybridized carbons (Fsp3) is 0.359. The molecule has 254 valence electrons. The summed E-state index contributed by atoms with van der Waals surface area (Å²) in [6.45, 7) is 7.86. The van der Waals surface area contributed by atoms with Crippen molar-refractivity contribution in [2.24, 2.45) is 13.0 Å². The van der Waals surface area contributed by atoms with Crippen LogP contribution in [0.2, 0.25) is 0 Å². The summed E-state index contributed by atoms with van der Waals surface area (Å²) in [6.07, 6.45) is 1.38. The van der Waals surface area contributed by atoms with E-state index in [0.717, 1.165) is 72.3 Å². The van der Waals surface area contributed by atoms with Crippen LogP contribution in [0.25, 0.3) is 22.2 Å². The van der Waals surface area contributed by atoms with Gasteiger partial charge in [-0.3, -0.25) is 9.58 Å². The Balaban J connectivity index is 1.10. The number of amides is 1. The monoisotopic (exact) mass is 660 g/mol. The molecule has 1 N–H and O–H groups in total. The third-order valence-electron chi connectivity index (χ3n) is 9.86. The fourth-order valence-corrected chi connectivity index (χ4v) is 7.15. The largest absolute Gasteiger partial charge is 0.473 e. The Bertz CT molecular complexity index is 1870. The number of anilines is 1. The van der Waals surface area contributed by atoms with Crippen LogP contribution in [0.1, 0.15) is 30.9 Å². The van der Waals surface area contributed by atoms with Gasteiger partial charge in [0.25, 0.3) is 0 Å². The Morgan fingerprint density at radius 1 is 0.837 bits per heavy atom. The van der Waals surface area contributed by atoms with Crippen LogP contribution < -0.4 is 14.4 Å². The third-order valence-corrected chi connectivity index (χ3v) is 9.86. The first-order valence-electron chi connectivity index (χ1n) is 17.2. The van der Waals surface area contributed by atoms with Gasteiger partial charge in [0.05, 0.1) is 16.8 Å². The van der Waals surface area contributed by atoms with Gasteiger partial charge in [-0.25, -0.2) is 4.79 Å². The molecule has 2 aliphatic heterocycles. The van der Waals surface area contributed by atoms with Gasteiger partial charge in [-0.2, -0.15) is 10.1 Å². The minimum atomic E-state index is -0.815. The van der Waals surface area contributed by atoms with Crippen molar-refractivity contribution in [3.63, 3.8) is 0 Å². The first kappa shape index (κ1) is 32.5. The van der Waals surface area contributed by atoms with Crippen molar-refractivity contribution in [3.8, 4) is 23.0 Å². The second kappa shape index (κ2) is 14.6. The lowest BCUT2D eigenvalue weighted by molar-refractivity contribution is 0.0632. The van der Waals surface area contributed by atoms with E-state index in [4.69, 9.17) is 19.6 Å². The molecule has 2 aliphatic rings. The molecule has 0 saturated carbocycles. The zero-order valence-electron chi connectivity index (χ0n) is 28.2. The zero-order chi connectivity index (χ0) is 33.7. The predicted octanol–water partition coefficient (Wildman–Crippen LogP) is 6.69. The molecule has 2 saturated heterocycles. The summed E-state index contributed by atoms with van der Waals surface area (Å²) in [5.74, 6) is 1.58. The number of carboxylic acid groups (broad SMARTS) is 1. The summed E-state index contributed by atoms with van der Waals surface area (Å²) >= 11 is 0. The molecule has 2 fully saturated rings. The number of rotatable bonds is 10. The van der Waals surface area contributed by atoms with Gasteiger partial charge in [0, 0.05) is 63.8 Å². The van der Waals surface area contributed by atoms with Gasteiger partial charge in [-0.05, 0) is 48.9 Å². The van der Waals surface area contributed by atoms with Crippen molar-refractivity contribution in [2.75, 3.05) is 44.2 Å². The molecule has 2 aromatic heterocycles. The van der Waals surface area contributed by atoms with Crippen molar-refractivity contribution < 1.29 is 19.4 Å². The number of pyridine rings is 1. The van der Waals surface area contributed by atoms with E-state index in [1.54, 1.807) is 0 Å². The number of hydrogen-bond donors (Lipinski definition) is 1. The Labute approximate surface area is 287 Å². The van der Waals surface area contributed by atoms with Crippen molar-refractivity contribution in [1.82, 2.24) is 24.6 Å². The summed E-state index contributed by atoms with van der Waals surface area (Å²) in [6, 6.07) is 30.7. The molecule has 10 heteroatoms. The fourth-order valence-electron chi connectivity index (χ4n) is 7.15. The topological polar surface area (TPSA) is 96.2 Å². The van der Waals surface area contributed by atoms with Crippen molar-refractivity contribution in [1.29, 1.82) is 0 Å². The van der Waals surface area contributed by atoms with Crippen LogP contribution in [0.3, 0.4) is 0 Å². The number of benzene rings is 3. The first-order chi connectivity index (χ1) is 23.9. The van der Waals surface area contributed by atoms with Crippen molar-refractivity contribution in [3.05, 3.63) is 102 Å². The van der Waals surface area contributed by atoms with Crippen LogP contribution >= 0.6 is 0 Å². The maximum atomic E-state index is 11.4. The van der Waals surface area contributed by atoms with E-state index in [2.05, 4.69) is 34.9 Å². The number of piperazine rings is 1. The molecular formula is C39H44N6O4. The van der Waals surface area contributed by atoms with Crippen LogP contribution in [-0.2, 0) is 20.3 Å². The highest BCUT2D eigenvalue weighted by atomic mass is 16.5. The minimum Gasteiger partial charge on any atom is -0.473 e. The second-order valence-electron chi connectivity index (χ2n) is 13.2. The van der Waals surface area contributed by atoms with Crippen LogP contribution in [0, 0.1) is 5.92 Å². The Kier molecular flexibility index (Phi) is 9.65. The number of aromatic nitrogens is 3. The molecule has 1 unspecified atom stereocenters. The highest BCUT2D eigenvalue weighted by Crippen LogP contribution is 2.39. The lowest BCUT2D eigenvalue weighted by atomic mass is 9.94. The summed E-state index contributed by atoms with van der Waals surface area (Å²) < 4.78 is 14.5. The SMILES string of the molecule is CC1CN(C(=O)O)CCN1CC1CCN(c2cccc3c(-c4ccc(OCc5ccccc5)nc4OCc4ccccc4)nn(C)c23)CC1. The molecule has 5 aromatic rings. The summed E-state index contributed by atoms with van der Waals surface area (Å²) in [5, 5.41) is 15.5. The summed E-state index contributed by atoms with van der Waals surface area (Å²) in [7, 11) is 2.01. The van der Waals surface area contributed by atoms with Gasteiger partial charge < -0.3 is 24.4 Å². The molecule has 0 radical (unpaired) electrons. The van der Waals surface area contributed by atoms with Crippen LogP contribution in [0.15, 0.2) is 91.0 Å². The standard InChI is InChI=1S/C39H44N6O4/c1-28-24-45(39(46)47)23-22-44(28)25-29-18-20-43(21-19-29)34-15-9-14-32-36(41-42(2)37(32)34)33-16-17-35(48-26-30-10-5-3-6-11-30)40-38(33)49-27-31-12-7-4-8-13-31/h3-17,28-29H,18-27H2,1-2H3,(H,46,47). The van der Waals surface area contributed by atoms with E-state index >= 15 is 0 Å². The van der Waals surface area contributed by atoms with Gasteiger partial charge in [0.2, 0.25) is 11.8 Å². The number of fused-ring (bicyclic) bond motifs is 1. The van der Waals surface area contributed by atoms with E-state index in [1.807, 2.05) is 84.5 Å². The Morgan fingerprint density at radius 3 is 2.20 bits per heavy atom. The summed E-state index contributed by atoms with van der Waals surface area (Å²) in [4.78, 5) is 22.8. The van der Waals surface area contributed by atoms with E-state index < -0.39 is 6.09 Å². The molecule has 4 heterocycles. The van der Waals surface area contributed by atoms with Gasteiger partial charge in [0.15, 0.2) is 0 Å². The zero-order valence-corrected chi connectivity index (χ0v) is 28.2. The summed E-state index contributed by atoms with van der Waals surface area (Å²) in [5.41, 5.74) is 6.05. The van der Waals surface area contributed by atoms with Crippen LogP contribution in [-0.4, -0.2) is 81.1 Å². The van der Waals surface area contributed by atoms with E-state index in [9.17, 15) is 9.90 Å². The molecule has 0 aliphatic carbocycles. The smallest absolute Gasteiger partial charge is 0.407 e. The maximum Gasteiger partial charge on any atom is 0.407 e. The second-order valence-corrected chi connectivity index (χ2v) is 13.2. The van der Waals surface area contributed by atoms with E-state index in [-0.39, 0.29) is 6.04 Å². The quantitative estimate of drug-likeness (QED) is 0.177. The number of hydrogen-bond acceptors (Lipinski definition) is 7. The number of nitrogens with zero attached hydrogens (tertiary/aromatic N) is 6. The number of piperidine rings is 1. The molecule has 49 heavy (non-hydrogen) atoms. The van der Waals surface area contributed by atoms with Gasteiger partial charge in [-0.1, -0.05) is 72.8 Å². The van der Waals surface area contributed by atoms with Crippen LogP contribution in [0.5, 0.6) is 11.8 Å². The molecular weight excluding hydrogens is 616 g/mol. The molecule has 1 amide bonds. The molecule has 7 rings (SSSR count). The van der Waals surface area contributed by atoms with Crippen molar-refractivity contribution in [2.45, 2.75) is 39.0 Å². The van der Waals surface area contributed by atoms with Crippen LogP contribution in [0.4, 0.5) is 10.5 Å². The molecule has 0 spiro atoms. The van der Waals surface area contributed by atoms with Gasteiger partial charge in [-0.15, -0.1) is 0 Å². The maximum absolute atomic E-state index is 11.4. The Morgan fingerprint density at radius 2 is 1.53 bits per heavy atom. The highest BCUT2D eigenvalue weighted by molar-refractivity contribution is 6.01. The number of ether oxygens (including phenoxy) is 2. The van der Waals surface area contributed by atoms with Gasteiger partial charge >= 0.3 is 6.09 Å². The highest BCUT2D eigenvalue weighted by Gasteiger charge is 2.30. The van der Waals surface area contributed by atoms with E-state index in [1.165, 1.54) is 10.6 Å². The predicted molar refractivity (Wildman–Crippen MR) is 191 cm³/mol. The molecule has 0 bridgehead atoms. The molecule has 10 nitrogen and oxygen atoms in total. The van der Waals surface area contributed by atoms with E-state index in [0.29, 0.717) is 44.0 Å². The lowest BCUT2D eigenvalue weighted by Crippen LogP contribution is -2.54. The average molecular weight is 661 g/mol. The normalized spacial score (nSPS) is 17.4. The van der Waals surface area contributed by atoms with Gasteiger partial charge in [0.1, 0.15) is 18.9 Å². The first-order valence-corrected chi connectivity index (χ1v) is 17.2.